The molecule has 0 atom stereocenters. The van der Waals surface area contributed by atoms with E-state index in [0.29, 0.717) is 6.54 Å². The van der Waals surface area contributed by atoms with E-state index in [2.05, 4.69) is 4.98 Å². The number of nitrogens with two attached hydrogens (primary N) is 1. The van der Waals surface area contributed by atoms with Gasteiger partial charge in [-0.15, -0.1) is 0 Å². The lowest BCUT2D eigenvalue weighted by Crippen LogP contribution is -2.23. The van der Waals surface area contributed by atoms with Crippen molar-refractivity contribution in [3.05, 3.63) is 35.5 Å². The maximum absolute atomic E-state index is 11.9. The van der Waals surface area contributed by atoms with Crippen LogP contribution in [0.15, 0.2) is 24.4 Å². The van der Waals surface area contributed by atoms with Crippen LogP contribution < -0.4 is 5.73 Å². The first-order valence-corrected chi connectivity index (χ1v) is 7.74. The van der Waals surface area contributed by atoms with Crippen molar-refractivity contribution in [1.29, 1.82) is 0 Å². The molecule has 0 amide bonds. The predicted octanol–water partition coefficient (Wildman–Crippen LogP) is 1.06. The fourth-order valence-electron chi connectivity index (χ4n) is 2.02. The second-order valence-electron chi connectivity index (χ2n) is 4.77. The normalized spacial score (nSPS) is 12.4. The minimum absolute atomic E-state index is 0.0170. The summed E-state index contributed by atoms with van der Waals surface area (Å²) < 4.78 is 25.0. The molecule has 0 fully saturated rings. The number of H-pyrrole nitrogens is 1. The summed E-state index contributed by atoms with van der Waals surface area (Å²) in [5.74, 6) is 0.0170. The second kappa shape index (κ2) is 5.32. The molecule has 2 rings (SSSR count). The molecule has 0 bridgehead atoms. The molecule has 0 saturated heterocycles. The van der Waals surface area contributed by atoms with Gasteiger partial charge in [0.05, 0.1) is 5.75 Å². The van der Waals surface area contributed by atoms with Crippen LogP contribution in [0.3, 0.4) is 0 Å². The molecule has 5 nitrogen and oxygen atoms in total. The van der Waals surface area contributed by atoms with Gasteiger partial charge in [0.2, 0.25) is 10.0 Å². The van der Waals surface area contributed by atoms with Crippen LogP contribution in [0.2, 0.25) is 0 Å². The van der Waals surface area contributed by atoms with Crippen LogP contribution in [-0.4, -0.2) is 38.3 Å². The van der Waals surface area contributed by atoms with Crippen molar-refractivity contribution in [1.82, 2.24) is 9.29 Å². The maximum atomic E-state index is 11.9. The summed E-state index contributed by atoms with van der Waals surface area (Å²) in [6, 6.07) is 5.68. The number of aromatic amines is 1. The van der Waals surface area contributed by atoms with Gasteiger partial charge in [-0.25, -0.2) is 12.7 Å². The molecule has 0 aliphatic heterocycles. The highest BCUT2D eigenvalue weighted by Gasteiger charge is 2.15. The van der Waals surface area contributed by atoms with Crippen molar-refractivity contribution in [2.45, 2.75) is 12.2 Å². The molecule has 0 saturated carbocycles. The molecule has 104 valence electrons. The molecule has 1 aromatic heterocycles. The van der Waals surface area contributed by atoms with Crippen LogP contribution in [0.1, 0.15) is 11.1 Å². The van der Waals surface area contributed by atoms with Crippen molar-refractivity contribution < 1.29 is 8.42 Å². The molecule has 6 heteroatoms. The van der Waals surface area contributed by atoms with E-state index < -0.39 is 10.0 Å². The molecule has 1 aromatic carbocycles. The Morgan fingerprint density at radius 1 is 1.32 bits per heavy atom. The number of rotatable bonds is 5. The molecule has 19 heavy (non-hydrogen) atoms. The maximum Gasteiger partial charge on any atom is 0.217 e. The minimum atomic E-state index is -3.23. The molecule has 2 aromatic rings. The summed E-state index contributed by atoms with van der Waals surface area (Å²) in [6.07, 6.45) is 2.71. The van der Waals surface area contributed by atoms with Gasteiger partial charge in [0.25, 0.3) is 0 Å². The monoisotopic (exact) mass is 281 g/mol. The molecular formula is C13H19N3O2S. The van der Waals surface area contributed by atoms with E-state index in [4.69, 9.17) is 5.73 Å². The van der Waals surface area contributed by atoms with Crippen LogP contribution in [0.25, 0.3) is 10.9 Å². The Balaban J connectivity index is 2.38. The van der Waals surface area contributed by atoms with E-state index in [1.54, 1.807) is 14.1 Å². The van der Waals surface area contributed by atoms with Crippen LogP contribution in [0, 0.1) is 0 Å². The minimum Gasteiger partial charge on any atom is -0.361 e. The molecule has 0 spiro atoms. The highest BCUT2D eigenvalue weighted by Crippen LogP contribution is 2.21. The van der Waals surface area contributed by atoms with Gasteiger partial charge in [0.1, 0.15) is 0 Å². The Hall–Kier alpha value is -1.37. The molecule has 0 radical (unpaired) electrons. The Bertz CT molecular complexity index is 674. The smallest absolute Gasteiger partial charge is 0.217 e. The Labute approximate surface area is 113 Å². The summed E-state index contributed by atoms with van der Waals surface area (Å²) in [6.45, 7) is 0.577. The third-order valence-corrected chi connectivity index (χ3v) is 4.96. The highest BCUT2D eigenvalue weighted by molar-refractivity contribution is 7.88. The third-order valence-electron chi connectivity index (χ3n) is 3.15. The summed E-state index contributed by atoms with van der Waals surface area (Å²) in [5, 5.41) is 1.05. The molecule has 0 aliphatic rings. The number of nitrogens with one attached hydrogen (secondary N) is 1. The Kier molecular flexibility index (Phi) is 3.93. The number of sulfonamides is 1. The van der Waals surface area contributed by atoms with E-state index >= 15 is 0 Å². The summed E-state index contributed by atoms with van der Waals surface area (Å²) in [4.78, 5) is 3.17. The van der Waals surface area contributed by atoms with Crippen LogP contribution in [0.4, 0.5) is 0 Å². The first kappa shape index (κ1) is 14.0. The van der Waals surface area contributed by atoms with Gasteiger partial charge in [-0.05, 0) is 36.2 Å². The van der Waals surface area contributed by atoms with Gasteiger partial charge in [-0.1, -0.05) is 6.07 Å². The molecule has 3 N–H and O–H groups in total. The first-order valence-electron chi connectivity index (χ1n) is 6.13. The molecular weight excluding hydrogens is 262 g/mol. The highest BCUT2D eigenvalue weighted by atomic mass is 32.2. The van der Waals surface area contributed by atoms with Crippen LogP contribution in [-0.2, 0) is 22.2 Å². The quantitative estimate of drug-likeness (QED) is 0.860. The van der Waals surface area contributed by atoms with Gasteiger partial charge in [0.15, 0.2) is 0 Å². The van der Waals surface area contributed by atoms with Gasteiger partial charge in [0, 0.05) is 31.2 Å². The van der Waals surface area contributed by atoms with Crippen LogP contribution >= 0.6 is 0 Å². The zero-order valence-corrected chi connectivity index (χ0v) is 12.0. The zero-order valence-electron chi connectivity index (χ0n) is 11.2. The third kappa shape index (κ3) is 2.97. The lowest BCUT2D eigenvalue weighted by atomic mass is 10.1. The van der Waals surface area contributed by atoms with E-state index in [1.807, 2.05) is 24.4 Å². The number of hydrogen-bond donors (Lipinski definition) is 2. The van der Waals surface area contributed by atoms with Crippen molar-refractivity contribution in [2.75, 3.05) is 20.6 Å². The van der Waals surface area contributed by atoms with Gasteiger partial charge < -0.3 is 10.7 Å². The Morgan fingerprint density at radius 2 is 2.05 bits per heavy atom. The topological polar surface area (TPSA) is 79.2 Å². The first-order chi connectivity index (χ1) is 8.94. The van der Waals surface area contributed by atoms with E-state index in [0.717, 1.165) is 28.5 Å². The van der Waals surface area contributed by atoms with Gasteiger partial charge in [-0.2, -0.15) is 0 Å². The number of benzene rings is 1. The summed E-state index contributed by atoms with van der Waals surface area (Å²) in [5.41, 5.74) is 8.50. The number of aromatic nitrogens is 1. The molecule has 1 heterocycles. The van der Waals surface area contributed by atoms with Crippen molar-refractivity contribution >= 4 is 20.9 Å². The molecule has 0 aliphatic carbocycles. The SMILES string of the molecule is CN(C)S(=O)(=O)Cc1ccc2[nH]cc(CCN)c2c1. The average Bonchev–Trinajstić information content (AvgIpc) is 2.72. The van der Waals surface area contributed by atoms with E-state index in [1.165, 1.54) is 4.31 Å². The number of nitrogens with zero attached hydrogens (tertiary/aromatic N) is 1. The molecule has 0 unspecified atom stereocenters. The van der Waals surface area contributed by atoms with Crippen molar-refractivity contribution in [3.8, 4) is 0 Å². The van der Waals surface area contributed by atoms with Crippen LogP contribution in [0.5, 0.6) is 0 Å². The number of hydrogen-bond acceptors (Lipinski definition) is 3. The van der Waals surface area contributed by atoms with Gasteiger partial charge in [-0.3, -0.25) is 0 Å². The standard InChI is InChI=1S/C13H19N3O2S/c1-16(2)19(17,18)9-10-3-4-13-12(7-10)11(5-6-14)8-15-13/h3-4,7-8,15H,5-6,9,14H2,1-2H3. The lowest BCUT2D eigenvalue weighted by molar-refractivity contribution is 0.520. The van der Waals surface area contributed by atoms with Crippen molar-refractivity contribution in [3.63, 3.8) is 0 Å². The zero-order chi connectivity index (χ0) is 14.0. The fourth-order valence-corrected chi connectivity index (χ4v) is 2.88. The van der Waals surface area contributed by atoms with E-state index in [9.17, 15) is 8.42 Å². The fraction of sp³-hybridized carbons (Fsp3) is 0.385. The average molecular weight is 281 g/mol. The summed E-state index contributed by atoms with van der Waals surface area (Å²) in [7, 11) is -0.138. The largest absolute Gasteiger partial charge is 0.361 e. The van der Waals surface area contributed by atoms with Gasteiger partial charge >= 0.3 is 0 Å². The van der Waals surface area contributed by atoms with Crippen molar-refractivity contribution in [2.24, 2.45) is 5.73 Å². The predicted molar refractivity (Wildman–Crippen MR) is 77.4 cm³/mol. The number of fused-ring (bicyclic) bond motifs is 1. The van der Waals surface area contributed by atoms with E-state index in [-0.39, 0.29) is 5.75 Å². The second-order valence-corrected chi connectivity index (χ2v) is 6.95. The lowest BCUT2D eigenvalue weighted by Gasteiger charge is -2.11. The summed E-state index contributed by atoms with van der Waals surface area (Å²) >= 11 is 0. The Morgan fingerprint density at radius 3 is 2.68 bits per heavy atom.